The van der Waals surface area contributed by atoms with Gasteiger partial charge in [0.1, 0.15) is 12.2 Å². The zero-order chi connectivity index (χ0) is 15.8. The molecule has 0 amide bonds. The van der Waals surface area contributed by atoms with E-state index in [0.29, 0.717) is 19.7 Å². The fourth-order valence-electron chi connectivity index (χ4n) is 1.97. The quantitative estimate of drug-likeness (QED) is 0.610. The Morgan fingerprint density at radius 1 is 1.18 bits per heavy atom. The van der Waals surface area contributed by atoms with Crippen molar-refractivity contribution in [1.29, 1.82) is 0 Å². The van der Waals surface area contributed by atoms with Crippen molar-refractivity contribution in [2.45, 2.75) is 19.7 Å². The lowest BCUT2D eigenvalue weighted by Gasteiger charge is -2.12. The SMILES string of the molecule is CN=C(NCc1ccc(COC)cc1)NCc1ncnn1C. The predicted molar refractivity (Wildman–Crippen MR) is 85.2 cm³/mol. The maximum Gasteiger partial charge on any atom is 0.191 e. The van der Waals surface area contributed by atoms with E-state index >= 15 is 0 Å². The molecule has 0 fully saturated rings. The summed E-state index contributed by atoms with van der Waals surface area (Å²) >= 11 is 0. The van der Waals surface area contributed by atoms with E-state index in [1.165, 1.54) is 11.9 Å². The van der Waals surface area contributed by atoms with Gasteiger partial charge < -0.3 is 15.4 Å². The van der Waals surface area contributed by atoms with Gasteiger partial charge in [0.2, 0.25) is 0 Å². The number of methoxy groups -OCH3 is 1. The van der Waals surface area contributed by atoms with Crippen LogP contribution < -0.4 is 10.6 Å². The molecule has 0 unspecified atom stereocenters. The molecule has 118 valence electrons. The van der Waals surface area contributed by atoms with Gasteiger partial charge in [-0.1, -0.05) is 24.3 Å². The fraction of sp³-hybridized carbons (Fsp3) is 0.400. The molecule has 1 aromatic carbocycles. The molecule has 0 radical (unpaired) electrons. The highest BCUT2D eigenvalue weighted by molar-refractivity contribution is 5.79. The van der Waals surface area contributed by atoms with Crippen LogP contribution in [0.3, 0.4) is 0 Å². The second-order valence-electron chi connectivity index (χ2n) is 4.83. The van der Waals surface area contributed by atoms with Crippen LogP contribution in [0.2, 0.25) is 0 Å². The molecule has 0 saturated carbocycles. The molecule has 22 heavy (non-hydrogen) atoms. The number of aromatic nitrogens is 3. The van der Waals surface area contributed by atoms with E-state index in [2.05, 4.69) is 50.0 Å². The first-order valence-corrected chi connectivity index (χ1v) is 7.07. The van der Waals surface area contributed by atoms with Gasteiger partial charge in [-0.05, 0) is 11.1 Å². The summed E-state index contributed by atoms with van der Waals surface area (Å²) in [6, 6.07) is 8.29. The molecular weight excluding hydrogens is 280 g/mol. The molecule has 0 atom stereocenters. The first-order valence-electron chi connectivity index (χ1n) is 7.07. The van der Waals surface area contributed by atoms with Gasteiger partial charge in [-0.15, -0.1) is 0 Å². The first kappa shape index (κ1) is 16.0. The molecule has 7 heteroatoms. The van der Waals surface area contributed by atoms with Crippen LogP contribution in [0.15, 0.2) is 35.6 Å². The normalized spacial score (nSPS) is 11.5. The third-order valence-corrected chi connectivity index (χ3v) is 3.24. The van der Waals surface area contributed by atoms with Crippen LogP contribution in [-0.2, 0) is 31.5 Å². The highest BCUT2D eigenvalue weighted by Gasteiger charge is 2.03. The van der Waals surface area contributed by atoms with Gasteiger partial charge in [-0.2, -0.15) is 5.10 Å². The zero-order valence-electron chi connectivity index (χ0n) is 13.2. The van der Waals surface area contributed by atoms with Crippen molar-refractivity contribution in [1.82, 2.24) is 25.4 Å². The summed E-state index contributed by atoms with van der Waals surface area (Å²) in [6.07, 6.45) is 1.54. The van der Waals surface area contributed by atoms with Crippen LogP contribution in [0.4, 0.5) is 0 Å². The Morgan fingerprint density at radius 2 is 1.86 bits per heavy atom. The van der Waals surface area contributed by atoms with Crippen molar-refractivity contribution in [2.24, 2.45) is 12.0 Å². The zero-order valence-corrected chi connectivity index (χ0v) is 13.2. The third-order valence-electron chi connectivity index (χ3n) is 3.24. The van der Waals surface area contributed by atoms with Crippen LogP contribution in [-0.4, -0.2) is 34.9 Å². The van der Waals surface area contributed by atoms with E-state index in [1.807, 2.05) is 7.05 Å². The lowest BCUT2D eigenvalue weighted by atomic mass is 10.1. The van der Waals surface area contributed by atoms with Crippen molar-refractivity contribution in [3.8, 4) is 0 Å². The molecule has 2 aromatic rings. The number of nitrogens with zero attached hydrogens (tertiary/aromatic N) is 4. The van der Waals surface area contributed by atoms with Gasteiger partial charge in [0.05, 0.1) is 13.2 Å². The van der Waals surface area contributed by atoms with Crippen molar-refractivity contribution >= 4 is 5.96 Å². The summed E-state index contributed by atoms with van der Waals surface area (Å²) in [7, 11) is 5.30. The average molecular weight is 302 g/mol. The Morgan fingerprint density at radius 3 is 2.45 bits per heavy atom. The molecule has 1 heterocycles. The average Bonchev–Trinajstić information content (AvgIpc) is 2.94. The van der Waals surface area contributed by atoms with E-state index in [0.717, 1.165) is 17.3 Å². The molecule has 2 N–H and O–H groups in total. The minimum absolute atomic E-state index is 0.572. The summed E-state index contributed by atoms with van der Waals surface area (Å²) in [5.41, 5.74) is 2.34. The van der Waals surface area contributed by atoms with Gasteiger partial charge in [0.15, 0.2) is 5.96 Å². The Balaban J connectivity index is 1.82. The smallest absolute Gasteiger partial charge is 0.191 e. The topological polar surface area (TPSA) is 76.4 Å². The molecule has 0 aliphatic heterocycles. The largest absolute Gasteiger partial charge is 0.380 e. The minimum atomic E-state index is 0.572. The van der Waals surface area contributed by atoms with Gasteiger partial charge >= 0.3 is 0 Å². The van der Waals surface area contributed by atoms with E-state index in [9.17, 15) is 0 Å². The van der Waals surface area contributed by atoms with Crippen molar-refractivity contribution in [3.63, 3.8) is 0 Å². The van der Waals surface area contributed by atoms with Gasteiger partial charge in [0, 0.05) is 27.7 Å². The van der Waals surface area contributed by atoms with Crippen molar-refractivity contribution < 1.29 is 4.74 Å². The number of aryl methyl sites for hydroxylation is 1. The molecule has 0 bridgehead atoms. The number of aliphatic imine (C=N–C) groups is 1. The third kappa shape index (κ3) is 4.56. The molecule has 0 spiro atoms. The van der Waals surface area contributed by atoms with Crippen LogP contribution >= 0.6 is 0 Å². The molecule has 0 aliphatic rings. The molecular formula is C15H22N6O. The van der Waals surface area contributed by atoms with Crippen molar-refractivity contribution in [2.75, 3.05) is 14.2 Å². The number of ether oxygens (including phenoxy) is 1. The summed E-state index contributed by atoms with van der Waals surface area (Å²) in [5.74, 6) is 1.58. The maximum atomic E-state index is 5.10. The number of nitrogens with one attached hydrogen (secondary N) is 2. The van der Waals surface area contributed by atoms with Gasteiger partial charge in [-0.25, -0.2) is 4.98 Å². The number of guanidine groups is 1. The Labute approximate surface area is 130 Å². The van der Waals surface area contributed by atoms with E-state index in [-0.39, 0.29) is 0 Å². The monoisotopic (exact) mass is 302 g/mol. The second-order valence-corrected chi connectivity index (χ2v) is 4.83. The van der Waals surface area contributed by atoms with E-state index in [4.69, 9.17) is 4.74 Å². The highest BCUT2D eigenvalue weighted by Crippen LogP contribution is 2.05. The lowest BCUT2D eigenvalue weighted by Crippen LogP contribution is -2.36. The Bertz CT molecular complexity index is 605. The number of benzene rings is 1. The molecule has 1 aromatic heterocycles. The molecule has 7 nitrogen and oxygen atoms in total. The first-order chi connectivity index (χ1) is 10.7. The Hall–Kier alpha value is -2.41. The van der Waals surface area contributed by atoms with Crippen LogP contribution in [0, 0.1) is 0 Å². The molecule has 2 rings (SSSR count). The molecule has 0 aliphatic carbocycles. The number of rotatable bonds is 6. The summed E-state index contributed by atoms with van der Waals surface area (Å²) in [4.78, 5) is 8.36. The summed E-state index contributed by atoms with van der Waals surface area (Å²) < 4.78 is 6.83. The summed E-state index contributed by atoms with van der Waals surface area (Å²) in [6.45, 7) is 1.91. The highest BCUT2D eigenvalue weighted by atomic mass is 16.5. The number of hydrogen-bond donors (Lipinski definition) is 2. The number of hydrogen-bond acceptors (Lipinski definition) is 4. The van der Waals surface area contributed by atoms with E-state index < -0.39 is 0 Å². The van der Waals surface area contributed by atoms with Gasteiger partial charge in [0.25, 0.3) is 0 Å². The minimum Gasteiger partial charge on any atom is -0.380 e. The van der Waals surface area contributed by atoms with Crippen LogP contribution in [0.25, 0.3) is 0 Å². The van der Waals surface area contributed by atoms with Crippen molar-refractivity contribution in [3.05, 3.63) is 47.5 Å². The second kappa shape index (κ2) is 8.14. The maximum absolute atomic E-state index is 5.10. The van der Waals surface area contributed by atoms with Gasteiger partial charge in [-0.3, -0.25) is 9.67 Å². The predicted octanol–water partition coefficient (Wildman–Crippen LogP) is 0.827. The van der Waals surface area contributed by atoms with Crippen LogP contribution in [0.5, 0.6) is 0 Å². The molecule has 0 saturated heterocycles. The van der Waals surface area contributed by atoms with E-state index in [1.54, 1.807) is 18.8 Å². The standard InChI is InChI=1S/C15H22N6O/c1-16-15(18-9-14-19-11-20-21(14)2)17-8-12-4-6-13(7-5-12)10-22-3/h4-7,11H,8-10H2,1-3H3,(H2,16,17,18). The summed E-state index contributed by atoms with van der Waals surface area (Å²) in [5, 5.41) is 10.5. The Kier molecular flexibility index (Phi) is 5.91. The fourth-order valence-corrected chi connectivity index (χ4v) is 1.97. The van der Waals surface area contributed by atoms with Crippen LogP contribution in [0.1, 0.15) is 17.0 Å². The lowest BCUT2D eigenvalue weighted by molar-refractivity contribution is 0.185.